The number of anilines is 3. The maximum Gasteiger partial charge on any atom is 0.259 e. The Morgan fingerprint density at radius 1 is 1.12 bits per heavy atom. The first-order valence-electron chi connectivity index (χ1n) is 10.7. The van der Waals surface area contributed by atoms with Crippen molar-refractivity contribution in [1.29, 1.82) is 0 Å². The van der Waals surface area contributed by atoms with Gasteiger partial charge in [0.2, 0.25) is 11.9 Å². The summed E-state index contributed by atoms with van der Waals surface area (Å²) in [6.07, 6.45) is 5.47. The van der Waals surface area contributed by atoms with Crippen LogP contribution in [0.2, 0.25) is 0 Å². The van der Waals surface area contributed by atoms with Gasteiger partial charge in [0.05, 0.1) is 16.7 Å². The lowest BCUT2D eigenvalue weighted by atomic mass is 9.86. The van der Waals surface area contributed by atoms with Gasteiger partial charge < -0.3 is 15.5 Å². The topological polar surface area (TPSA) is 100 Å². The maximum atomic E-state index is 13.3. The van der Waals surface area contributed by atoms with Gasteiger partial charge in [-0.3, -0.25) is 14.6 Å². The fraction of sp³-hybridized carbons (Fsp3) is 0.292. The molecule has 2 aliphatic heterocycles. The van der Waals surface area contributed by atoms with Crippen molar-refractivity contribution in [3.63, 3.8) is 0 Å². The maximum absolute atomic E-state index is 13.3. The van der Waals surface area contributed by atoms with Crippen LogP contribution in [-0.4, -0.2) is 39.9 Å². The number of aromatic nitrogens is 3. The average molecular weight is 428 g/mol. The summed E-state index contributed by atoms with van der Waals surface area (Å²) >= 11 is 0. The van der Waals surface area contributed by atoms with Crippen molar-refractivity contribution < 1.29 is 9.59 Å². The molecule has 2 amide bonds. The molecular formula is C24H24N6O2. The molecule has 0 unspecified atom stereocenters. The van der Waals surface area contributed by atoms with Gasteiger partial charge in [-0.05, 0) is 62.6 Å². The van der Waals surface area contributed by atoms with Crippen LogP contribution < -0.4 is 15.5 Å². The first-order valence-corrected chi connectivity index (χ1v) is 10.7. The van der Waals surface area contributed by atoms with Crippen molar-refractivity contribution in [1.82, 2.24) is 15.0 Å². The number of carbonyl (C=O) groups excluding carboxylic acids is 2. The minimum Gasteiger partial charge on any atom is -0.341 e. The number of nitrogens with one attached hydrogen (secondary N) is 2. The van der Waals surface area contributed by atoms with Gasteiger partial charge in [0, 0.05) is 36.9 Å². The molecule has 0 aliphatic carbocycles. The summed E-state index contributed by atoms with van der Waals surface area (Å²) in [5, 5.41) is 5.82. The summed E-state index contributed by atoms with van der Waals surface area (Å²) in [7, 11) is 0. The van der Waals surface area contributed by atoms with E-state index in [1.54, 1.807) is 18.5 Å². The van der Waals surface area contributed by atoms with Gasteiger partial charge in [-0.15, -0.1) is 0 Å². The summed E-state index contributed by atoms with van der Waals surface area (Å²) in [4.78, 5) is 41.2. The van der Waals surface area contributed by atoms with Gasteiger partial charge in [-0.2, -0.15) is 0 Å². The third kappa shape index (κ3) is 3.47. The van der Waals surface area contributed by atoms with Crippen molar-refractivity contribution in [2.24, 2.45) is 0 Å². The SMILES string of the molecule is CC1(C)C(=O)Nc2ccc(NC(=O)c3cnc(N4CCCC4)nc3-c3ccccn3)cc21. The molecule has 8 heteroatoms. The second-order valence-electron chi connectivity index (χ2n) is 8.64. The number of hydrogen-bond acceptors (Lipinski definition) is 6. The Balaban J connectivity index is 1.49. The van der Waals surface area contributed by atoms with Crippen LogP contribution >= 0.6 is 0 Å². The summed E-state index contributed by atoms with van der Waals surface area (Å²) in [6, 6.07) is 11.0. The van der Waals surface area contributed by atoms with E-state index in [1.165, 1.54) is 0 Å². The van der Waals surface area contributed by atoms with E-state index in [0.717, 1.165) is 37.2 Å². The number of pyridine rings is 1. The number of amides is 2. The standard InChI is InChI=1S/C24H24N6O2/c1-24(2)17-13-15(8-9-18(17)28-22(24)32)27-21(31)16-14-26-23(30-11-5-6-12-30)29-20(16)19-7-3-4-10-25-19/h3-4,7-10,13-14H,5-6,11-12H2,1-2H3,(H,27,31)(H,28,32). The molecule has 2 N–H and O–H groups in total. The van der Waals surface area contributed by atoms with E-state index in [4.69, 9.17) is 4.98 Å². The van der Waals surface area contributed by atoms with Crippen molar-refractivity contribution in [3.05, 3.63) is 59.9 Å². The first kappa shape index (κ1) is 20.1. The van der Waals surface area contributed by atoms with E-state index >= 15 is 0 Å². The predicted molar refractivity (Wildman–Crippen MR) is 123 cm³/mol. The second kappa shape index (κ2) is 7.71. The molecule has 1 fully saturated rings. The molecule has 0 saturated carbocycles. The normalized spacial score (nSPS) is 16.6. The van der Waals surface area contributed by atoms with Gasteiger partial charge in [-0.1, -0.05) is 6.07 Å². The molecule has 0 bridgehead atoms. The van der Waals surface area contributed by atoms with Crippen molar-refractivity contribution in [2.75, 3.05) is 28.6 Å². The van der Waals surface area contributed by atoms with Crippen molar-refractivity contribution >= 4 is 29.1 Å². The Bertz CT molecular complexity index is 1200. The molecule has 3 aromatic rings. The zero-order chi connectivity index (χ0) is 22.3. The lowest BCUT2D eigenvalue weighted by Gasteiger charge is -2.18. The smallest absolute Gasteiger partial charge is 0.259 e. The third-order valence-electron chi connectivity index (χ3n) is 6.08. The van der Waals surface area contributed by atoms with Crippen LogP contribution in [0.25, 0.3) is 11.4 Å². The van der Waals surface area contributed by atoms with Gasteiger partial charge in [0.15, 0.2) is 0 Å². The van der Waals surface area contributed by atoms with Gasteiger partial charge in [0.1, 0.15) is 5.69 Å². The van der Waals surface area contributed by atoms with Gasteiger partial charge >= 0.3 is 0 Å². The number of carbonyl (C=O) groups is 2. The van der Waals surface area contributed by atoms with E-state index in [0.29, 0.717) is 28.6 Å². The molecule has 4 heterocycles. The van der Waals surface area contributed by atoms with E-state index in [1.807, 2.05) is 44.2 Å². The first-order chi connectivity index (χ1) is 15.4. The Morgan fingerprint density at radius 2 is 1.94 bits per heavy atom. The van der Waals surface area contributed by atoms with Crippen LogP contribution in [-0.2, 0) is 10.2 Å². The zero-order valence-corrected chi connectivity index (χ0v) is 18.1. The molecule has 0 atom stereocenters. The molecule has 162 valence electrons. The summed E-state index contributed by atoms with van der Waals surface area (Å²) in [5.41, 5.74) is 3.03. The number of nitrogens with zero attached hydrogens (tertiary/aromatic N) is 4. The van der Waals surface area contributed by atoms with Crippen molar-refractivity contribution in [3.8, 4) is 11.4 Å². The van der Waals surface area contributed by atoms with Gasteiger partial charge in [-0.25, -0.2) is 9.97 Å². The highest BCUT2D eigenvalue weighted by Gasteiger charge is 2.38. The number of rotatable bonds is 4. The molecule has 32 heavy (non-hydrogen) atoms. The molecule has 2 aromatic heterocycles. The minimum atomic E-state index is -0.657. The number of benzene rings is 1. The second-order valence-corrected chi connectivity index (χ2v) is 8.64. The average Bonchev–Trinajstić information content (AvgIpc) is 3.41. The molecule has 5 rings (SSSR count). The largest absolute Gasteiger partial charge is 0.341 e. The predicted octanol–water partition coefficient (Wildman–Crippen LogP) is 3.62. The van der Waals surface area contributed by atoms with Crippen molar-refractivity contribution in [2.45, 2.75) is 32.1 Å². The summed E-state index contributed by atoms with van der Waals surface area (Å²) in [5.74, 6) is 0.233. The van der Waals surface area contributed by atoms with Crippen LogP contribution in [0.3, 0.4) is 0 Å². The fourth-order valence-electron chi connectivity index (χ4n) is 4.15. The minimum absolute atomic E-state index is 0.0562. The quantitative estimate of drug-likeness (QED) is 0.658. The third-order valence-corrected chi connectivity index (χ3v) is 6.08. The number of hydrogen-bond donors (Lipinski definition) is 2. The molecule has 1 saturated heterocycles. The Kier molecular flexibility index (Phi) is 4.84. The van der Waals surface area contributed by atoms with Crippen LogP contribution in [0.15, 0.2) is 48.8 Å². The van der Waals surface area contributed by atoms with E-state index in [2.05, 4.69) is 25.5 Å². The van der Waals surface area contributed by atoms with Crippen LogP contribution in [0, 0.1) is 0 Å². The molecular weight excluding hydrogens is 404 g/mol. The Hall–Kier alpha value is -3.81. The molecule has 2 aliphatic rings. The monoisotopic (exact) mass is 428 g/mol. The highest BCUT2D eigenvalue weighted by molar-refractivity contribution is 6.09. The van der Waals surface area contributed by atoms with Crippen LogP contribution in [0.5, 0.6) is 0 Å². The van der Waals surface area contributed by atoms with E-state index < -0.39 is 5.41 Å². The summed E-state index contributed by atoms with van der Waals surface area (Å²) < 4.78 is 0. The number of fused-ring (bicyclic) bond motifs is 1. The fourth-order valence-corrected chi connectivity index (χ4v) is 4.15. The lowest BCUT2D eigenvalue weighted by Crippen LogP contribution is -2.27. The molecule has 0 radical (unpaired) electrons. The van der Waals surface area contributed by atoms with Crippen LogP contribution in [0.4, 0.5) is 17.3 Å². The van der Waals surface area contributed by atoms with Gasteiger partial charge in [0.25, 0.3) is 5.91 Å². The summed E-state index contributed by atoms with van der Waals surface area (Å²) in [6.45, 7) is 5.55. The van der Waals surface area contributed by atoms with E-state index in [9.17, 15) is 9.59 Å². The zero-order valence-electron chi connectivity index (χ0n) is 18.1. The Morgan fingerprint density at radius 3 is 2.69 bits per heavy atom. The molecule has 0 spiro atoms. The molecule has 1 aromatic carbocycles. The van der Waals surface area contributed by atoms with E-state index in [-0.39, 0.29) is 11.8 Å². The molecule has 8 nitrogen and oxygen atoms in total. The highest BCUT2D eigenvalue weighted by atomic mass is 16.2. The lowest BCUT2D eigenvalue weighted by molar-refractivity contribution is -0.119. The van der Waals surface area contributed by atoms with Crippen LogP contribution in [0.1, 0.15) is 42.6 Å². The highest BCUT2D eigenvalue weighted by Crippen LogP contribution is 2.38. The Labute approximate surface area is 186 Å².